The fourth-order valence-corrected chi connectivity index (χ4v) is 3.75. The number of amides is 1. The zero-order chi connectivity index (χ0) is 20.6. The molecular formula is C23H29FN2O3. The number of methoxy groups -OCH3 is 2. The van der Waals surface area contributed by atoms with E-state index >= 15 is 0 Å². The van der Waals surface area contributed by atoms with E-state index in [-0.39, 0.29) is 11.7 Å². The van der Waals surface area contributed by atoms with Crippen molar-refractivity contribution >= 4 is 11.6 Å². The van der Waals surface area contributed by atoms with Crippen molar-refractivity contribution in [3.05, 3.63) is 53.8 Å². The van der Waals surface area contributed by atoms with Gasteiger partial charge in [-0.1, -0.05) is 12.1 Å². The molecule has 0 bridgehead atoms. The maximum atomic E-state index is 13.5. The Hall–Kier alpha value is -2.60. The molecule has 1 heterocycles. The molecule has 1 fully saturated rings. The van der Waals surface area contributed by atoms with Crippen LogP contribution in [0.25, 0.3) is 0 Å². The van der Waals surface area contributed by atoms with Gasteiger partial charge in [0.2, 0.25) is 5.91 Å². The highest BCUT2D eigenvalue weighted by Crippen LogP contribution is 2.25. The van der Waals surface area contributed by atoms with Crippen molar-refractivity contribution in [2.75, 3.05) is 32.6 Å². The van der Waals surface area contributed by atoms with Gasteiger partial charge in [-0.15, -0.1) is 0 Å². The predicted octanol–water partition coefficient (Wildman–Crippen LogP) is 4.47. The van der Waals surface area contributed by atoms with Crippen LogP contribution in [0, 0.1) is 11.7 Å². The quantitative estimate of drug-likeness (QED) is 0.710. The van der Waals surface area contributed by atoms with E-state index in [0.717, 1.165) is 55.9 Å². The van der Waals surface area contributed by atoms with Crippen molar-refractivity contribution in [1.82, 2.24) is 4.90 Å². The van der Waals surface area contributed by atoms with E-state index < -0.39 is 0 Å². The summed E-state index contributed by atoms with van der Waals surface area (Å²) in [6, 6.07) is 12.4. The Bertz CT molecular complexity index is 820. The van der Waals surface area contributed by atoms with Gasteiger partial charge in [0, 0.05) is 24.7 Å². The molecule has 0 aliphatic carbocycles. The van der Waals surface area contributed by atoms with Crippen LogP contribution in [0.3, 0.4) is 0 Å². The summed E-state index contributed by atoms with van der Waals surface area (Å²) in [5, 5.41) is 2.94. The topological polar surface area (TPSA) is 50.8 Å². The molecule has 1 aliphatic rings. The largest absolute Gasteiger partial charge is 0.497 e. The normalized spacial score (nSPS) is 15.1. The number of benzene rings is 2. The van der Waals surface area contributed by atoms with Crippen molar-refractivity contribution in [2.45, 2.75) is 32.2 Å². The van der Waals surface area contributed by atoms with Crippen LogP contribution in [-0.4, -0.2) is 38.1 Å². The van der Waals surface area contributed by atoms with Crippen molar-refractivity contribution in [1.29, 1.82) is 0 Å². The standard InChI is InChI=1S/C23H29FN2O3/c1-28-20-5-3-4-19(15-20)25-23(27)9-7-17-10-12-26(13-11-17)16-18-6-8-21(24)22(14-18)29-2/h3-6,8,14-15,17H,7,9-13,16H2,1-2H3,(H,25,27). The van der Waals surface area contributed by atoms with Gasteiger partial charge >= 0.3 is 0 Å². The molecule has 0 saturated carbocycles. The van der Waals surface area contributed by atoms with E-state index in [2.05, 4.69) is 10.2 Å². The van der Waals surface area contributed by atoms with Crippen LogP contribution in [0.5, 0.6) is 11.5 Å². The number of carbonyl (C=O) groups is 1. The minimum atomic E-state index is -0.331. The number of hydrogen-bond acceptors (Lipinski definition) is 4. The molecule has 6 heteroatoms. The second-order valence-electron chi connectivity index (χ2n) is 7.51. The zero-order valence-corrected chi connectivity index (χ0v) is 17.1. The number of ether oxygens (including phenoxy) is 2. The third kappa shape index (κ3) is 6.19. The maximum Gasteiger partial charge on any atom is 0.224 e. The summed E-state index contributed by atoms with van der Waals surface area (Å²) < 4.78 is 23.8. The van der Waals surface area contributed by atoms with Gasteiger partial charge in [-0.05, 0) is 68.1 Å². The van der Waals surface area contributed by atoms with Crippen molar-refractivity contribution in [3.8, 4) is 11.5 Å². The molecule has 1 N–H and O–H groups in total. The monoisotopic (exact) mass is 400 g/mol. The van der Waals surface area contributed by atoms with E-state index in [9.17, 15) is 9.18 Å². The Kier molecular flexibility index (Phi) is 7.47. The Morgan fingerprint density at radius 3 is 2.66 bits per heavy atom. The predicted molar refractivity (Wildman–Crippen MR) is 112 cm³/mol. The molecule has 5 nitrogen and oxygen atoms in total. The average molecular weight is 400 g/mol. The van der Waals surface area contributed by atoms with Gasteiger partial charge in [0.05, 0.1) is 14.2 Å². The summed E-state index contributed by atoms with van der Waals surface area (Å²) in [5.74, 6) is 1.29. The van der Waals surface area contributed by atoms with Crippen LogP contribution in [0.4, 0.5) is 10.1 Å². The maximum absolute atomic E-state index is 13.5. The molecule has 0 unspecified atom stereocenters. The smallest absolute Gasteiger partial charge is 0.224 e. The lowest BCUT2D eigenvalue weighted by molar-refractivity contribution is -0.116. The number of nitrogens with one attached hydrogen (secondary N) is 1. The molecule has 1 saturated heterocycles. The lowest BCUT2D eigenvalue weighted by atomic mass is 9.92. The van der Waals surface area contributed by atoms with Crippen LogP contribution >= 0.6 is 0 Å². The number of carbonyl (C=O) groups excluding carboxylic acids is 1. The molecule has 29 heavy (non-hydrogen) atoms. The highest BCUT2D eigenvalue weighted by atomic mass is 19.1. The van der Waals surface area contributed by atoms with Crippen LogP contribution in [-0.2, 0) is 11.3 Å². The molecule has 2 aromatic rings. The molecule has 1 amide bonds. The number of rotatable bonds is 8. The van der Waals surface area contributed by atoms with Crippen molar-refractivity contribution in [3.63, 3.8) is 0 Å². The van der Waals surface area contributed by atoms with Crippen molar-refractivity contribution in [2.24, 2.45) is 5.92 Å². The number of likely N-dealkylation sites (tertiary alicyclic amines) is 1. The number of hydrogen-bond donors (Lipinski definition) is 1. The first-order chi connectivity index (χ1) is 14.1. The fraction of sp³-hybridized carbons (Fsp3) is 0.435. The van der Waals surface area contributed by atoms with E-state index in [1.54, 1.807) is 13.2 Å². The lowest BCUT2D eigenvalue weighted by Gasteiger charge is -2.32. The van der Waals surface area contributed by atoms with Gasteiger partial charge in [0.25, 0.3) is 0 Å². The minimum absolute atomic E-state index is 0.0408. The Labute approximate surface area is 171 Å². The Morgan fingerprint density at radius 1 is 1.14 bits per heavy atom. The van der Waals surface area contributed by atoms with E-state index in [1.807, 2.05) is 30.3 Å². The van der Waals surface area contributed by atoms with Crippen LogP contribution < -0.4 is 14.8 Å². The van der Waals surface area contributed by atoms with Gasteiger partial charge < -0.3 is 14.8 Å². The Balaban J connectivity index is 1.40. The zero-order valence-electron chi connectivity index (χ0n) is 17.1. The third-order valence-corrected chi connectivity index (χ3v) is 5.46. The van der Waals surface area contributed by atoms with Gasteiger partial charge in [-0.3, -0.25) is 9.69 Å². The molecule has 0 atom stereocenters. The van der Waals surface area contributed by atoms with E-state index in [4.69, 9.17) is 9.47 Å². The fourth-order valence-electron chi connectivity index (χ4n) is 3.75. The molecule has 3 rings (SSSR count). The molecule has 2 aromatic carbocycles. The number of piperidine rings is 1. The highest BCUT2D eigenvalue weighted by Gasteiger charge is 2.20. The first-order valence-electron chi connectivity index (χ1n) is 10.1. The first-order valence-corrected chi connectivity index (χ1v) is 10.1. The summed E-state index contributed by atoms with van der Waals surface area (Å²) in [6.07, 6.45) is 3.57. The van der Waals surface area contributed by atoms with Gasteiger partial charge in [0.1, 0.15) is 5.75 Å². The van der Waals surface area contributed by atoms with Crippen molar-refractivity contribution < 1.29 is 18.7 Å². The summed E-state index contributed by atoms with van der Waals surface area (Å²) in [5.41, 5.74) is 1.82. The summed E-state index contributed by atoms with van der Waals surface area (Å²) in [4.78, 5) is 14.6. The third-order valence-electron chi connectivity index (χ3n) is 5.46. The van der Waals surface area contributed by atoms with Gasteiger partial charge in [0.15, 0.2) is 11.6 Å². The highest BCUT2D eigenvalue weighted by molar-refractivity contribution is 5.90. The van der Waals surface area contributed by atoms with E-state index in [1.165, 1.54) is 13.2 Å². The lowest BCUT2D eigenvalue weighted by Crippen LogP contribution is -2.33. The SMILES string of the molecule is COc1cccc(NC(=O)CCC2CCN(Cc3ccc(F)c(OC)c3)CC2)c1. The Morgan fingerprint density at radius 2 is 1.93 bits per heavy atom. The van der Waals surface area contributed by atoms with Crippen LogP contribution in [0.15, 0.2) is 42.5 Å². The van der Waals surface area contributed by atoms with Crippen LogP contribution in [0.2, 0.25) is 0 Å². The van der Waals surface area contributed by atoms with Gasteiger partial charge in [-0.25, -0.2) is 4.39 Å². The summed E-state index contributed by atoms with van der Waals surface area (Å²) >= 11 is 0. The summed E-state index contributed by atoms with van der Waals surface area (Å²) in [7, 11) is 3.10. The minimum Gasteiger partial charge on any atom is -0.497 e. The molecular weight excluding hydrogens is 371 g/mol. The second-order valence-corrected chi connectivity index (χ2v) is 7.51. The number of nitrogens with zero attached hydrogens (tertiary/aromatic N) is 1. The first kappa shape index (κ1) is 21.1. The second kappa shape index (κ2) is 10.3. The molecule has 1 aliphatic heterocycles. The number of anilines is 1. The van der Waals surface area contributed by atoms with E-state index in [0.29, 0.717) is 18.1 Å². The molecule has 156 valence electrons. The average Bonchev–Trinajstić information content (AvgIpc) is 2.74. The molecule has 0 spiro atoms. The summed E-state index contributed by atoms with van der Waals surface area (Å²) in [6.45, 7) is 2.77. The number of halogens is 1. The van der Waals surface area contributed by atoms with Gasteiger partial charge in [-0.2, -0.15) is 0 Å². The molecule has 0 radical (unpaired) electrons. The van der Waals surface area contributed by atoms with Crippen LogP contribution in [0.1, 0.15) is 31.2 Å². The molecule has 0 aromatic heterocycles.